The fraction of sp³-hybridized carbons (Fsp3) is 0.286. The molecule has 1 saturated carbocycles. The molecular formula is C21H16F5N3O2S. The minimum Gasteiger partial charge on any atom is -0.320 e. The van der Waals surface area contributed by atoms with Crippen molar-refractivity contribution in [3.05, 3.63) is 63.7 Å². The molecule has 1 aliphatic rings. The molecule has 1 aromatic heterocycles. The zero-order chi connectivity index (χ0) is 23.0. The summed E-state index contributed by atoms with van der Waals surface area (Å²) in [6.07, 6.45) is 3.41. The van der Waals surface area contributed by atoms with Crippen molar-refractivity contribution in [1.29, 1.82) is 0 Å². The minimum atomic E-state index is -2.31. The molecule has 5 nitrogen and oxygen atoms in total. The number of halogens is 5. The van der Waals surface area contributed by atoms with Crippen LogP contribution in [-0.2, 0) is 4.79 Å². The van der Waals surface area contributed by atoms with Crippen molar-refractivity contribution in [3.8, 4) is 0 Å². The van der Waals surface area contributed by atoms with Gasteiger partial charge in [0, 0.05) is 6.04 Å². The Bertz CT molecular complexity index is 1250. The van der Waals surface area contributed by atoms with Crippen molar-refractivity contribution >= 4 is 34.3 Å². The van der Waals surface area contributed by atoms with Gasteiger partial charge in [0.15, 0.2) is 28.4 Å². The number of amides is 1. The predicted molar refractivity (Wildman–Crippen MR) is 109 cm³/mol. The first-order valence-corrected chi connectivity index (χ1v) is 10.7. The number of fused-ring (bicyclic) bond motifs is 1. The second-order valence-electron chi connectivity index (χ2n) is 7.31. The summed E-state index contributed by atoms with van der Waals surface area (Å²) in [5.74, 6) is -12.4. The van der Waals surface area contributed by atoms with E-state index in [0.29, 0.717) is 10.9 Å². The number of hydrogen-bond acceptors (Lipinski definition) is 4. The number of nitrogens with zero attached hydrogens (tertiary/aromatic N) is 2. The van der Waals surface area contributed by atoms with Gasteiger partial charge in [0.25, 0.3) is 5.56 Å². The van der Waals surface area contributed by atoms with E-state index < -0.39 is 46.4 Å². The SMILES string of the molecule is O=C(CSc1nc2ccccc2c(=O)n1C1CCCC1)Nc1c(F)c(F)c(F)c(F)c1F. The van der Waals surface area contributed by atoms with E-state index in [2.05, 4.69) is 4.98 Å². The summed E-state index contributed by atoms with van der Waals surface area (Å²) in [6.45, 7) is 0. The van der Waals surface area contributed by atoms with Crippen LogP contribution in [0, 0.1) is 29.1 Å². The van der Waals surface area contributed by atoms with E-state index in [1.54, 1.807) is 29.6 Å². The Morgan fingerprint density at radius 3 is 2.25 bits per heavy atom. The molecule has 0 saturated heterocycles. The maximum atomic E-state index is 13.8. The van der Waals surface area contributed by atoms with Crippen LogP contribution >= 0.6 is 11.8 Å². The van der Waals surface area contributed by atoms with Gasteiger partial charge in [-0.15, -0.1) is 0 Å². The standard InChI is InChI=1S/C21H16F5N3O2S/c22-14-15(23)17(25)19(18(26)16(14)24)28-13(30)9-32-21-27-12-8-4-3-7-11(12)20(31)29(21)10-5-1-2-6-10/h3-4,7-8,10H,1-2,5-6,9H2,(H,28,30). The lowest BCUT2D eigenvalue weighted by Gasteiger charge is -2.18. The first kappa shape index (κ1) is 22.3. The smallest absolute Gasteiger partial charge is 0.262 e. The van der Waals surface area contributed by atoms with Crippen molar-refractivity contribution in [2.75, 3.05) is 11.1 Å². The van der Waals surface area contributed by atoms with Crippen LogP contribution in [0.5, 0.6) is 0 Å². The summed E-state index contributed by atoms with van der Waals surface area (Å²) in [4.78, 5) is 29.8. The summed E-state index contributed by atoms with van der Waals surface area (Å²) < 4.78 is 69.1. The van der Waals surface area contributed by atoms with Gasteiger partial charge in [0.2, 0.25) is 11.7 Å². The van der Waals surface area contributed by atoms with Crippen LogP contribution in [0.2, 0.25) is 0 Å². The molecule has 2 aromatic carbocycles. The number of anilines is 1. The molecule has 0 spiro atoms. The summed E-state index contributed by atoms with van der Waals surface area (Å²) >= 11 is 0.847. The predicted octanol–water partition coefficient (Wildman–Crippen LogP) is 4.94. The summed E-state index contributed by atoms with van der Waals surface area (Å²) in [5.41, 5.74) is -1.26. The van der Waals surface area contributed by atoms with E-state index in [1.807, 2.05) is 0 Å². The number of benzene rings is 2. The van der Waals surface area contributed by atoms with Crippen LogP contribution in [0.1, 0.15) is 31.7 Å². The summed E-state index contributed by atoms with van der Waals surface area (Å²) in [7, 11) is 0. The number of aromatic nitrogens is 2. The van der Waals surface area contributed by atoms with Crippen molar-refractivity contribution in [2.24, 2.45) is 0 Å². The van der Waals surface area contributed by atoms with Crippen molar-refractivity contribution in [2.45, 2.75) is 36.9 Å². The average Bonchev–Trinajstić information content (AvgIpc) is 3.32. The third kappa shape index (κ3) is 3.96. The zero-order valence-electron chi connectivity index (χ0n) is 16.4. The molecule has 32 heavy (non-hydrogen) atoms. The molecule has 11 heteroatoms. The number of carbonyl (C=O) groups excluding carboxylic acids is 1. The van der Waals surface area contributed by atoms with Crippen LogP contribution in [0.15, 0.2) is 34.2 Å². The normalized spacial score (nSPS) is 14.3. The molecule has 1 heterocycles. The lowest BCUT2D eigenvalue weighted by Crippen LogP contribution is -2.27. The molecule has 1 aliphatic carbocycles. The third-order valence-electron chi connectivity index (χ3n) is 5.27. The van der Waals surface area contributed by atoms with Crippen LogP contribution in [0.3, 0.4) is 0 Å². The highest BCUT2D eigenvalue weighted by molar-refractivity contribution is 7.99. The van der Waals surface area contributed by atoms with E-state index in [0.717, 1.165) is 37.4 Å². The van der Waals surface area contributed by atoms with Crippen LogP contribution < -0.4 is 10.9 Å². The van der Waals surface area contributed by atoms with Gasteiger partial charge < -0.3 is 5.32 Å². The van der Waals surface area contributed by atoms with Crippen molar-refractivity contribution in [3.63, 3.8) is 0 Å². The molecule has 0 aliphatic heterocycles. The molecule has 0 radical (unpaired) electrons. The Kier molecular flexibility index (Phi) is 6.18. The second-order valence-corrected chi connectivity index (χ2v) is 8.25. The Morgan fingerprint density at radius 1 is 1.00 bits per heavy atom. The lowest BCUT2D eigenvalue weighted by molar-refractivity contribution is -0.113. The van der Waals surface area contributed by atoms with Crippen LogP contribution in [-0.4, -0.2) is 21.2 Å². The highest BCUT2D eigenvalue weighted by atomic mass is 32.2. The van der Waals surface area contributed by atoms with Gasteiger partial charge in [0.1, 0.15) is 5.69 Å². The molecular weight excluding hydrogens is 453 g/mol. The summed E-state index contributed by atoms with van der Waals surface area (Å²) in [6, 6.07) is 6.63. The van der Waals surface area contributed by atoms with E-state index in [4.69, 9.17) is 0 Å². The molecule has 0 bridgehead atoms. The van der Waals surface area contributed by atoms with Crippen molar-refractivity contribution in [1.82, 2.24) is 9.55 Å². The Morgan fingerprint density at radius 2 is 1.59 bits per heavy atom. The number of para-hydroxylation sites is 1. The van der Waals surface area contributed by atoms with Crippen molar-refractivity contribution < 1.29 is 26.7 Å². The highest BCUT2D eigenvalue weighted by Gasteiger charge is 2.27. The number of thioether (sulfide) groups is 1. The molecule has 0 unspecified atom stereocenters. The van der Waals surface area contributed by atoms with Crippen LogP contribution in [0.25, 0.3) is 10.9 Å². The van der Waals surface area contributed by atoms with E-state index in [9.17, 15) is 31.5 Å². The average molecular weight is 469 g/mol. The number of carbonyl (C=O) groups is 1. The molecule has 4 rings (SSSR count). The van der Waals surface area contributed by atoms with Gasteiger partial charge in [-0.1, -0.05) is 36.7 Å². The van der Waals surface area contributed by atoms with E-state index in [-0.39, 0.29) is 16.8 Å². The largest absolute Gasteiger partial charge is 0.320 e. The van der Waals surface area contributed by atoms with E-state index >= 15 is 0 Å². The number of rotatable bonds is 5. The minimum absolute atomic E-state index is 0.0969. The van der Waals surface area contributed by atoms with E-state index in [1.165, 1.54) is 4.57 Å². The van der Waals surface area contributed by atoms with Gasteiger partial charge in [-0.2, -0.15) is 0 Å². The summed E-state index contributed by atoms with van der Waals surface area (Å²) in [5, 5.41) is 2.40. The first-order valence-electron chi connectivity index (χ1n) is 9.75. The Labute approximate surface area is 182 Å². The molecule has 1 fully saturated rings. The Balaban J connectivity index is 1.62. The first-order chi connectivity index (χ1) is 15.3. The highest BCUT2D eigenvalue weighted by Crippen LogP contribution is 2.32. The van der Waals surface area contributed by atoms with Gasteiger partial charge in [-0.25, -0.2) is 26.9 Å². The van der Waals surface area contributed by atoms with Crippen LogP contribution in [0.4, 0.5) is 27.6 Å². The number of hydrogen-bond donors (Lipinski definition) is 1. The molecule has 0 atom stereocenters. The fourth-order valence-electron chi connectivity index (χ4n) is 3.73. The third-order valence-corrected chi connectivity index (χ3v) is 6.22. The fourth-order valence-corrected chi connectivity index (χ4v) is 4.60. The number of nitrogens with one attached hydrogen (secondary N) is 1. The molecule has 168 valence electrons. The molecule has 1 amide bonds. The topological polar surface area (TPSA) is 64.0 Å². The van der Waals surface area contributed by atoms with Gasteiger partial charge in [-0.3, -0.25) is 14.2 Å². The van der Waals surface area contributed by atoms with Gasteiger partial charge >= 0.3 is 0 Å². The molecule has 3 aromatic rings. The quantitative estimate of drug-likeness (QED) is 0.189. The molecule has 1 N–H and O–H groups in total. The van der Waals surface area contributed by atoms with Gasteiger partial charge in [0.05, 0.1) is 16.7 Å². The maximum Gasteiger partial charge on any atom is 0.262 e. The maximum absolute atomic E-state index is 13.8. The monoisotopic (exact) mass is 469 g/mol. The zero-order valence-corrected chi connectivity index (χ0v) is 17.2. The second kappa shape index (κ2) is 8.89. The van der Waals surface area contributed by atoms with Gasteiger partial charge in [-0.05, 0) is 25.0 Å². The Hall–Kier alpha value is -2.95. The lowest BCUT2D eigenvalue weighted by atomic mass is 10.2.